The van der Waals surface area contributed by atoms with E-state index >= 15 is 0 Å². The Morgan fingerprint density at radius 1 is 1.11 bits per heavy atom. The molecule has 3 rings (SSSR count). The number of aromatic nitrogens is 4. The molecule has 5 heteroatoms. The van der Waals surface area contributed by atoms with Gasteiger partial charge in [0.15, 0.2) is 0 Å². The lowest BCUT2D eigenvalue weighted by molar-refractivity contribution is 0.850. The van der Waals surface area contributed by atoms with Gasteiger partial charge in [-0.1, -0.05) is 42.1 Å². The Kier molecular flexibility index (Phi) is 2.76. The maximum absolute atomic E-state index is 4.55. The number of hydrogen-bond acceptors (Lipinski definition) is 4. The van der Waals surface area contributed by atoms with Crippen LogP contribution in [-0.2, 0) is 0 Å². The van der Waals surface area contributed by atoms with Gasteiger partial charge in [0, 0.05) is 11.3 Å². The van der Waals surface area contributed by atoms with Crippen LogP contribution >= 0.6 is 11.8 Å². The SMILES string of the molecule is CSc1nc2nc(-c3ccccc3)cc(C)n2n1. The van der Waals surface area contributed by atoms with Crippen LogP contribution in [0.1, 0.15) is 5.69 Å². The van der Waals surface area contributed by atoms with Crippen LogP contribution in [0, 0.1) is 6.92 Å². The second-order valence-electron chi connectivity index (χ2n) is 3.96. The molecule has 90 valence electrons. The minimum atomic E-state index is 0.651. The van der Waals surface area contributed by atoms with E-state index in [4.69, 9.17) is 0 Å². The van der Waals surface area contributed by atoms with Crippen LogP contribution in [0.25, 0.3) is 17.0 Å². The molecule has 0 radical (unpaired) electrons. The topological polar surface area (TPSA) is 43.1 Å². The van der Waals surface area contributed by atoms with Crippen molar-refractivity contribution in [2.24, 2.45) is 0 Å². The lowest BCUT2D eigenvalue weighted by atomic mass is 10.1. The molecule has 0 bridgehead atoms. The Labute approximate surface area is 109 Å². The molecule has 0 N–H and O–H groups in total. The molecule has 0 atom stereocenters. The fourth-order valence-corrected chi connectivity index (χ4v) is 2.17. The van der Waals surface area contributed by atoms with Gasteiger partial charge in [-0.25, -0.2) is 9.50 Å². The van der Waals surface area contributed by atoms with Crippen molar-refractivity contribution in [2.45, 2.75) is 12.1 Å². The second kappa shape index (κ2) is 4.42. The van der Waals surface area contributed by atoms with Gasteiger partial charge >= 0.3 is 0 Å². The third-order valence-corrected chi connectivity index (χ3v) is 3.26. The molecule has 4 nitrogen and oxygen atoms in total. The summed E-state index contributed by atoms with van der Waals surface area (Å²) in [6.07, 6.45) is 1.96. The highest BCUT2D eigenvalue weighted by molar-refractivity contribution is 7.98. The summed E-state index contributed by atoms with van der Waals surface area (Å²) in [5.74, 6) is 0.651. The van der Waals surface area contributed by atoms with Crippen LogP contribution in [0.2, 0.25) is 0 Å². The molecule has 18 heavy (non-hydrogen) atoms. The molecule has 0 unspecified atom stereocenters. The van der Waals surface area contributed by atoms with Gasteiger partial charge < -0.3 is 0 Å². The average molecular weight is 256 g/mol. The Hall–Kier alpha value is -1.88. The van der Waals surface area contributed by atoms with Crippen molar-refractivity contribution >= 4 is 17.5 Å². The van der Waals surface area contributed by atoms with E-state index in [2.05, 4.69) is 15.1 Å². The van der Waals surface area contributed by atoms with Gasteiger partial charge in [0.05, 0.1) is 5.69 Å². The molecule has 0 aliphatic rings. The predicted octanol–water partition coefficient (Wildman–Crippen LogP) is 2.82. The second-order valence-corrected chi connectivity index (χ2v) is 4.73. The number of benzene rings is 1. The molecular weight excluding hydrogens is 244 g/mol. The van der Waals surface area contributed by atoms with E-state index in [0.717, 1.165) is 22.1 Å². The summed E-state index contributed by atoms with van der Waals surface area (Å²) in [6.45, 7) is 2.01. The van der Waals surface area contributed by atoms with Crippen molar-refractivity contribution in [1.82, 2.24) is 19.6 Å². The van der Waals surface area contributed by atoms with Crippen molar-refractivity contribution in [1.29, 1.82) is 0 Å². The molecule has 0 aliphatic heterocycles. The van der Waals surface area contributed by atoms with Crippen molar-refractivity contribution in [2.75, 3.05) is 6.26 Å². The molecular formula is C13H12N4S. The van der Waals surface area contributed by atoms with Crippen LogP contribution in [0.5, 0.6) is 0 Å². The fourth-order valence-electron chi connectivity index (χ4n) is 1.84. The molecule has 0 spiro atoms. The first-order valence-corrected chi connectivity index (χ1v) is 6.84. The zero-order valence-electron chi connectivity index (χ0n) is 10.2. The first kappa shape index (κ1) is 11.2. The van der Waals surface area contributed by atoms with E-state index in [9.17, 15) is 0 Å². The Morgan fingerprint density at radius 3 is 2.61 bits per heavy atom. The van der Waals surface area contributed by atoms with Crippen molar-refractivity contribution in [3.05, 3.63) is 42.1 Å². The molecule has 1 aromatic carbocycles. The Bertz CT molecular complexity index is 691. The van der Waals surface area contributed by atoms with E-state index in [0.29, 0.717) is 5.78 Å². The highest BCUT2D eigenvalue weighted by Crippen LogP contribution is 2.19. The number of rotatable bonds is 2. The first-order chi connectivity index (χ1) is 8.78. The van der Waals surface area contributed by atoms with Gasteiger partial charge in [-0.2, -0.15) is 4.98 Å². The summed E-state index contributed by atoms with van der Waals surface area (Å²) in [5, 5.41) is 5.12. The Morgan fingerprint density at radius 2 is 1.89 bits per heavy atom. The summed E-state index contributed by atoms with van der Waals surface area (Å²) >= 11 is 1.52. The molecule has 2 aromatic heterocycles. The summed E-state index contributed by atoms with van der Waals surface area (Å²) < 4.78 is 1.78. The number of aryl methyl sites for hydroxylation is 1. The summed E-state index contributed by atoms with van der Waals surface area (Å²) in [7, 11) is 0. The maximum atomic E-state index is 4.55. The summed E-state index contributed by atoms with van der Waals surface area (Å²) in [5.41, 5.74) is 3.06. The number of hydrogen-bond donors (Lipinski definition) is 0. The molecule has 0 saturated heterocycles. The minimum Gasteiger partial charge on any atom is -0.211 e. The molecule has 0 fully saturated rings. The van der Waals surface area contributed by atoms with E-state index in [1.165, 1.54) is 11.8 Å². The van der Waals surface area contributed by atoms with E-state index in [-0.39, 0.29) is 0 Å². The van der Waals surface area contributed by atoms with Gasteiger partial charge in [0.25, 0.3) is 5.78 Å². The van der Waals surface area contributed by atoms with Gasteiger partial charge in [-0.05, 0) is 19.2 Å². The van der Waals surface area contributed by atoms with Crippen LogP contribution in [0.15, 0.2) is 41.6 Å². The van der Waals surface area contributed by atoms with Crippen molar-refractivity contribution in [3.8, 4) is 11.3 Å². The largest absolute Gasteiger partial charge is 0.253 e. The Balaban J connectivity index is 2.21. The molecule has 2 heterocycles. The van der Waals surface area contributed by atoms with Gasteiger partial charge in [-0.3, -0.25) is 0 Å². The van der Waals surface area contributed by atoms with E-state index < -0.39 is 0 Å². The van der Waals surface area contributed by atoms with Crippen LogP contribution < -0.4 is 0 Å². The number of nitrogens with zero attached hydrogens (tertiary/aromatic N) is 4. The zero-order valence-corrected chi connectivity index (χ0v) is 11.0. The minimum absolute atomic E-state index is 0.651. The number of fused-ring (bicyclic) bond motifs is 1. The van der Waals surface area contributed by atoms with Crippen LogP contribution in [0.4, 0.5) is 0 Å². The summed E-state index contributed by atoms with van der Waals surface area (Å²) in [4.78, 5) is 8.93. The maximum Gasteiger partial charge on any atom is 0.253 e. The van der Waals surface area contributed by atoms with Gasteiger partial charge in [0.2, 0.25) is 5.16 Å². The fraction of sp³-hybridized carbons (Fsp3) is 0.154. The number of thioether (sulfide) groups is 1. The van der Waals surface area contributed by atoms with Gasteiger partial charge in [-0.15, -0.1) is 5.10 Å². The van der Waals surface area contributed by atoms with Crippen molar-refractivity contribution in [3.63, 3.8) is 0 Å². The van der Waals surface area contributed by atoms with Crippen molar-refractivity contribution < 1.29 is 0 Å². The molecule has 0 amide bonds. The predicted molar refractivity (Wildman–Crippen MR) is 72.7 cm³/mol. The van der Waals surface area contributed by atoms with Crippen LogP contribution in [-0.4, -0.2) is 25.8 Å². The van der Waals surface area contributed by atoms with E-state index in [1.807, 2.05) is 49.6 Å². The monoisotopic (exact) mass is 256 g/mol. The molecule has 0 aliphatic carbocycles. The summed E-state index contributed by atoms with van der Waals surface area (Å²) in [6, 6.07) is 12.1. The third kappa shape index (κ3) is 1.86. The average Bonchev–Trinajstić information content (AvgIpc) is 2.83. The quantitative estimate of drug-likeness (QED) is 0.661. The lowest BCUT2D eigenvalue weighted by Gasteiger charge is -2.03. The highest BCUT2D eigenvalue weighted by atomic mass is 32.2. The third-order valence-electron chi connectivity index (χ3n) is 2.72. The molecule has 0 saturated carbocycles. The highest BCUT2D eigenvalue weighted by Gasteiger charge is 2.08. The smallest absolute Gasteiger partial charge is 0.211 e. The van der Waals surface area contributed by atoms with Gasteiger partial charge in [0.1, 0.15) is 0 Å². The lowest BCUT2D eigenvalue weighted by Crippen LogP contribution is -1.97. The zero-order chi connectivity index (χ0) is 12.5. The first-order valence-electron chi connectivity index (χ1n) is 5.62. The standard InChI is InChI=1S/C13H12N4S/c1-9-8-11(10-6-4-3-5-7-10)14-12-15-13(18-2)16-17(9)12/h3-8H,1-2H3. The van der Waals surface area contributed by atoms with E-state index in [1.54, 1.807) is 4.52 Å². The normalized spacial score (nSPS) is 11.0. The molecule has 3 aromatic rings. The van der Waals surface area contributed by atoms with Crippen LogP contribution in [0.3, 0.4) is 0 Å².